The second kappa shape index (κ2) is 5.40. The second-order valence-corrected chi connectivity index (χ2v) is 5.20. The molecule has 4 nitrogen and oxygen atoms in total. The average molecular weight is 279 g/mol. The monoisotopic (exact) mass is 279 g/mol. The van der Waals surface area contributed by atoms with E-state index in [1.54, 1.807) is 6.07 Å². The number of benzene rings is 2. The summed E-state index contributed by atoms with van der Waals surface area (Å²) in [6, 6.07) is 15.4. The van der Waals surface area contributed by atoms with Crippen LogP contribution in [0.15, 0.2) is 53.3 Å². The molecule has 0 unspecified atom stereocenters. The highest BCUT2D eigenvalue weighted by Gasteiger charge is 2.10. The van der Waals surface area contributed by atoms with Crippen LogP contribution in [0.1, 0.15) is 24.4 Å². The summed E-state index contributed by atoms with van der Waals surface area (Å²) in [5.74, 6) is 0.639. The molecule has 0 fully saturated rings. The SMILES string of the molecule is Cc1cccc(N[C@H](C)c2nc3ccccc3c(=O)[nH]2)c1. The summed E-state index contributed by atoms with van der Waals surface area (Å²) in [4.78, 5) is 19.5. The zero-order valence-electron chi connectivity index (χ0n) is 12.1. The maximum atomic E-state index is 12.1. The Kier molecular flexibility index (Phi) is 3.44. The predicted molar refractivity (Wildman–Crippen MR) is 85.6 cm³/mol. The van der Waals surface area contributed by atoms with Crippen LogP contribution in [0, 0.1) is 6.92 Å². The van der Waals surface area contributed by atoms with Crippen LogP contribution >= 0.6 is 0 Å². The van der Waals surface area contributed by atoms with Crippen LogP contribution in [-0.4, -0.2) is 9.97 Å². The van der Waals surface area contributed by atoms with Gasteiger partial charge in [-0.25, -0.2) is 4.98 Å². The fourth-order valence-electron chi connectivity index (χ4n) is 2.36. The number of fused-ring (bicyclic) bond motifs is 1. The van der Waals surface area contributed by atoms with Gasteiger partial charge in [0.15, 0.2) is 0 Å². The van der Waals surface area contributed by atoms with Crippen LogP contribution < -0.4 is 10.9 Å². The molecule has 1 heterocycles. The van der Waals surface area contributed by atoms with Crippen molar-refractivity contribution in [2.45, 2.75) is 19.9 Å². The van der Waals surface area contributed by atoms with Crippen molar-refractivity contribution in [3.8, 4) is 0 Å². The lowest BCUT2D eigenvalue weighted by Gasteiger charge is -2.15. The highest BCUT2D eigenvalue weighted by Crippen LogP contribution is 2.18. The van der Waals surface area contributed by atoms with Crippen LogP contribution in [0.2, 0.25) is 0 Å². The molecule has 1 atom stereocenters. The molecule has 3 rings (SSSR count). The van der Waals surface area contributed by atoms with Gasteiger partial charge in [0.2, 0.25) is 0 Å². The van der Waals surface area contributed by atoms with Gasteiger partial charge in [-0.05, 0) is 43.7 Å². The summed E-state index contributed by atoms with van der Waals surface area (Å²) >= 11 is 0. The van der Waals surface area contributed by atoms with Gasteiger partial charge in [0, 0.05) is 5.69 Å². The number of hydrogen-bond donors (Lipinski definition) is 2. The highest BCUT2D eigenvalue weighted by molar-refractivity contribution is 5.77. The molecule has 21 heavy (non-hydrogen) atoms. The van der Waals surface area contributed by atoms with Gasteiger partial charge in [-0.1, -0.05) is 24.3 Å². The molecule has 0 spiro atoms. The van der Waals surface area contributed by atoms with Crippen LogP contribution in [-0.2, 0) is 0 Å². The quantitative estimate of drug-likeness (QED) is 0.772. The van der Waals surface area contributed by atoms with Crippen molar-refractivity contribution in [1.82, 2.24) is 9.97 Å². The number of anilines is 1. The number of nitrogens with zero attached hydrogens (tertiary/aromatic N) is 1. The molecule has 2 aromatic carbocycles. The third-order valence-corrected chi connectivity index (χ3v) is 3.44. The molecular formula is C17H17N3O. The minimum Gasteiger partial charge on any atom is -0.375 e. The Morgan fingerprint density at radius 3 is 2.76 bits per heavy atom. The van der Waals surface area contributed by atoms with E-state index in [-0.39, 0.29) is 11.6 Å². The molecule has 1 aromatic heterocycles. The Labute approximate surface area is 122 Å². The van der Waals surface area contributed by atoms with E-state index in [1.807, 2.05) is 50.2 Å². The normalized spacial score (nSPS) is 12.3. The van der Waals surface area contributed by atoms with Gasteiger partial charge >= 0.3 is 0 Å². The Bertz CT molecular complexity index is 839. The van der Waals surface area contributed by atoms with Crippen molar-refractivity contribution in [3.63, 3.8) is 0 Å². The van der Waals surface area contributed by atoms with Crippen molar-refractivity contribution in [3.05, 3.63) is 70.3 Å². The molecule has 106 valence electrons. The van der Waals surface area contributed by atoms with Gasteiger partial charge in [0.05, 0.1) is 16.9 Å². The highest BCUT2D eigenvalue weighted by atomic mass is 16.1. The lowest BCUT2D eigenvalue weighted by atomic mass is 10.2. The summed E-state index contributed by atoms with van der Waals surface area (Å²) in [6.07, 6.45) is 0. The van der Waals surface area contributed by atoms with Gasteiger partial charge in [0.25, 0.3) is 5.56 Å². The summed E-state index contributed by atoms with van der Waals surface area (Å²) in [5, 5.41) is 3.97. The maximum absolute atomic E-state index is 12.1. The zero-order chi connectivity index (χ0) is 14.8. The fraction of sp³-hybridized carbons (Fsp3) is 0.176. The molecule has 2 N–H and O–H groups in total. The number of aromatic nitrogens is 2. The van der Waals surface area contributed by atoms with Crippen molar-refractivity contribution in [2.24, 2.45) is 0 Å². The van der Waals surface area contributed by atoms with Gasteiger partial charge in [0.1, 0.15) is 5.82 Å². The van der Waals surface area contributed by atoms with E-state index in [1.165, 1.54) is 5.56 Å². The molecule has 0 bridgehead atoms. The third-order valence-electron chi connectivity index (χ3n) is 3.44. The first-order valence-electron chi connectivity index (χ1n) is 6.95. The number of para-hydroxylation sites is 1. The Morgan fingerprint density at radius 2 is 1.95 bits per heavy atom. The Morgan fingerprint density at radius 1 is 1.14 bits per heavy atom. The number of aryl methyl sites for hydroxylation is 1. The van der Waals surface area contributed by atoms with E-state index in [2.05, 4.69) is 21.4 Å². The number of aromatic amines is 1. The summed E-state index contributed by atoms with van der Waals surface area (Å²) < 4.78 is 0. The topological polar surface area (TPSA) is 57.8 Å². The van der Waals surface area contributed by atoms with Crippen LogP contribution in [0.4, 0.5) is 5.69 Å². The number of hydrogen-bond acceptors (Lipinski definition) is 3. The molecular weight excluding hydrogens is 262 g/mol. The van der Waals surface area contributed by atoms with Crippen LogP contribution in [0.5, 0.6) is 0 Å². The third kappa shape index (κ3) is 2.79. The fourth-order valence-corrected chi connectivity index (χ4v) is 2.36. The van der Waals surface area contributed by atoms with Gasteiger partial charge in [-0.2, -0.15) is 0 Å². The molecule has 0 aliphatic rings. The van der Waals surface area contributed by atoms with E-state index in [0.717, 1.165) is 5.69 Å². The summed E-state index contributed by atoms with van der Waals surface area (Å²) in [7, 11) is 0. The Hall–Kier alpha value is -2.62. The van der Waals surface area contributed by atoms with Crippen molar-refractivity contribution in [1.29, 1.82) is 0 Å². The Balaban J connectivity index is 1.94. The van der Waals surface area contributed by atoms with Gasteiger partial charge in [-0.3, -0.25) is 4.79 Å². The molecule has 4 heteroatoms. The zero-order valence-corrected chi connectivity index (χ0v) is 12.1. The molecule has 0 saturated heterocycles. The summed E-state index contributed by atoms with van der Waals surface area (Å²) in [6.45, 7) is 4.03. The first-order valence-corrected chi connectivity index (χ1v) is 6.95. The van der Waals surface area contributed by atoms with Crippen molar-refractivity contribution >= 4 is 16.6 Å². The molecule has 0 radical (unpaired) electrons. The largest absolute Gasteiger partial charge is 0.375 e. The first kappa shape index (κ1) is 13.4. The molecule has 0 aliphatic carbocycles. The minimum atomic E-state index is -0.103. The first-order chi connectivity index (χ1) is 10.1. The van der Waals surface area contributed by atoms with E-state index >= 15 is 0 Å². The lowest BCUT2D eigenvalue weighted by Crippen LogP contribution is -2.17. The van der Waals surface area contributed by atoms with Gasteiger partial charge < -0.3 is 10.3 Å². The van der Waals surface area contributed by atoms with Crippen molar-refractivity contribution in [2.75, 3.05) is 5.32 Å². The smallest absolute Gasteiger partial charge is 0.258 e. The second-order valence-electron chi connectivity index (χ2n) is 5.20. The van der Waals surface area contributed by atoms with E-state index in [0.29, 0.717) is 16.7 Å². The van der Waals surface area contributed by atoms with Crippen LogP contribution in [0.25, 0.3) is 10.9 Å². The van der Waals surface area contributed by atoms with E-state index < -0.39 is 0 Å². The average Bonchev–Trinajstić information content (AvgIpc) is 2.47. The van der Waals surface area contributed by atoms with Crippen LogP contribution in [0.3, 0.4) is 0 Å². The van der Waals surface area contributed by atoms with Crippen molar-refractivity contribution < 1.29 is 0 Å². The molecule has 0 saturated carbocycles. The van der Waals surface area contributed by atoms with E-state index in [9.17, 15) is 4.79 Å². The minimum absolute atomic E-state index is 0.0795. The summed E-state index contributed by atoms with van der Waals surface area (Å²) in [5.41, 5.74) is 2.81. The predicted octanol–water partition coefficient (Wildman–Crippen LogP) is 3.40. The molecule has 3 aromatic rings. The van der Waals surface area contributed by atoms with Gasteiger partial charge in [-0.15, -0.1) is 0 Å². The molecule has 0 amide bonds. The molecule has 0 aliphatic heterocycles. The number of H-pyrrole nitrogens is 1. The standard InChI is InChI=1S/C17H17N3O/c1-11-6-5-7-13(10-11)18-12(2)16-19-15-9-4-3-8-14(15)17(21)20-16/h3-10,12,18H,1-2H3,(H,19,20,21)/t12-/m1/s1. The van der Waals surface area contributed by atoms with E-state index in [4.69, 9.17) is 0 Å². The lowest BCUT2D eigenvalue weighted by molar-refractivity contribution is 0.791. The number of rotatable bonds is 3. The number of nitrogens with one attached hydrogen (secondary N) is 2. The maximum Gasteiger partial charge on any atom is 0.258 e.